The number of carbonyl (C=O) groups excluding carboxylic acids is 1. The SMILES string of the molecule is CC(Cc1ccc(C(F)(F)F)cc1)NC(=O)C(N)CCS(C)(=O)=O. The number of sulfone groups is 1. The molecule has 0 aliphatic heterocycles. The van der Waals surface area contributed by atoms with Crippen LogP contribution in [0.25, 0.3) is 0 Å². The zero-order valence-electron chi connectivity index (χ0n) is 13.4. The van der Waals surface area contributed by atoms with Crippen LogP contribution in [0.1, 0.15) is 24.5 Å². The molecule has 136 valence electrons. The van der Waals surface area contributed by atoms with E-state index in [1.54, 1.807) is 6.92 Å². The first-order chi connectivity index (χ1) is 10.9. The van der Waals surface area contributed by atoms with Crippen LogP contribution in [0.3, 0.4) is 0 Å². The first kappa shape index (κ1) is 20.4. The molecule has 2 unspecified atom stereocenters. The van der Waals surface area contributed by atoms with Gasteiger partial charge in [0.2, 0.25) is 5.91 Å². The summed E-state index contributed by atoms with van der Waals surface area (Å²) >= 11 is 0. The van der Waals surface area contributed by atoms with Crippen molar-refractivity contribution in [3.8, 4) is 0 Å². The van der Waals surface area contributed by atoms with E-state index in [1.807, 2.05) is 0 Å². The Hall–Kier alpha value is -1.61. The highest BCUT2D eigenvalue weighted by Crippen LogP contribution is 2.29. The molecular weight excluding hydrogens is 345 g/mol. The minimum Gasteiger partial charge on any atom is -0.352 e. The van der Waals surface area contributed by atoms with Crippen molar-refractivity contribution in [3.05, 3.63) is 35.4 Å². The zero-order valence-corrected chi connectivity index (χ0v) is 14.2. The van der Waals surface area contributed by atoms with Gasteiger partial charge in [-0.15, -0.1) is 0 Å². The van der Waals surface area contributed by atoms with E-state index in [0.717, 1.165) is 18.4 Å². The van der Waals surface area contributed by atoms with Crippen molar-refractivity contribution >= 4 is 15.7 Å². The van der Waals surface area contributed by atoms with Gasteiger partial charge in [0.1, 0.15) is 9.84 Å². The highest BCUT2D eigenvalue weighted by Gasteiger charge is 2.30. The van der Waals surface area contributed by atoms with E-state index in [4.69, 9.17) is 5.73 Å². The molecule has 24 heavy (non-hydrogen) atoms. The molecule has 1 aromatic carbocycles. The Morgan fingerprint density at radius 1 is 1.25 bits per heavy atom. The van der Waals surface area contributed by atoms with Crippen molar-refractivity contribution in [2.45, 2.75) is 38.0 Å². The third-order valence-corrected chi connectivity index (χ3v) is 4.33. The zero-order chi connectivity index (χ0) is 18.5. The minimum atomic E-state index is -4.38. The van der Waals surface area contributed by atoms with Gasteiger partial charge in [0.15, 0.2) is 0 Å². The molecule has 0 heterocycles. The average Bonchev–Trinajstić information content (AvgIpc) is 2.43. The number of benzene rings is 1. The molecule has 1 amide bonds. The fraction of sp³-hybridized carbons (Fsp3) is 0.533. The Balaban J connectivity index is 2.53. The molecule has 0 aromatic heterocycles. The molecular formula is C15H21F3N2O3S. The molecule has 0 aliphatic carbocycles. The second-order valence-electron chi connectivity index (χ2n) is 5.83. The van der Waals surface area contributed by atoms with Crippen LogP contribution in [-0.2, 0) is 27.2 Å². The number of hydrogen-bond donors (Lipinski definition) is 2. The molecule has 1 rings (SSSR count). The Bertz CT molecular complexity index is 658. The summed E-state index contributed by atoms with van der Waals surface area (Å²) in [5, 5.41) is 2.63. The lowest BCUT2D eigenvalue weighted by molar-refractivity contribution is -0.137. The lowest BCUT2D eigenvalue weighted by Crippen LogP contribution is -2.45. The lowest BCUT2D eigenvalue weighted by atomic mass is 10.0. The van der Waals surface area contributed by atoms with Crippen LogP contribution >= 0.6 is 0 Å². The monoisotopic (exact) mass is 366 g/mol. The summed E-state index contributed by atoms with van der Waals surface area (Å²) < 4.78 is 59.6. The fourth-order valence-corrected chi connectivity index (χ4v) is 2.74. The van der Waals surface area contributed by atoms with Gasteiger partial charge in [-0.3, -0.25) is 4.79 Å². The van der Waals surface area contributed by atoms with Crippen molar-refractivity contribution in [3.63, 3.8) is 0 Å². The van der Waals surface area contributed by atoms with Gasteiger partial charge in [-0.1, -0.05) is 12.1 Å². The highest BCUT2D eigenvalue weighted by atomic mass is 32.2. The summed E-state index contributed by atoms with van der Waals surface area (Å²) in [6, 6.07) is 3.39. The lowest BCUT2D eigenvalue weighted by Gasteiger charge is -2.18. The van der Waals surface area contributed by atoms with E-state index in [9.17, 15) is 26.4 Å². The predicted molar refractivity (Wildman–Crippen MR) is 85.1 cm³/mol. The van der Waals surface area contributed by atoms with Crippen molar-refractivity contribution in [2.24, 2.45) is 5.73 Å². The maximum Gasteiger partial charge on any atom is 0.416 e. The van der Waals surface area contributed by atoms with Crippen molar-refractivity contribution < 1.29 is 26.4 Å². The van der Waals surface area contributed by atoms with Gasteiger partial charge < -0.3 is 11.1 Å². The smallest absolute Gasteiger partial charge is 0.352 e. The number of rotatable bonds is 7. The Labute approximate surface area is 139 Å². The molecule has 2 atom stereocenters. The molecule has 5 nitrogen and oxygen atoms in total. The number of hydrogen-bond acceptors (Lipinski definition) is 4. The van der Waals surface area contributed by atoms with Gasteiger partial charge in [0, 0.05) is 12.3 Å². The number of nitrogens with two attached hydrogens (primary N) is 1. The largest absolute Gasteiger partial charge is 0.416 e. The van der Waals surface area contributed by atoms with Crippen LogP contribution in [0.15, 0.2) is 24.3 Å². The van der Waals surface area contributed by atoms with E-state index >= 15 is 0 Å². The maximum absolute atomic E-state index is 12.5. The van der Waals surface area contributed by atoms with Crippen LogP contribution in [0.2, 0.25) is 0 Å². The van der Waals surface area contributed by atoms with Gasteiger partial charge in [-0.25, -0.2) is 8.42 Å². The van der Waals surface area contributed by atoms with E-state index < -0.39 is 33.5 Å². The second-order valence-corrected chi connectivity index (χ2v) is 8.09. The van der Waals surface area contributed by atoms with Gasteiger partial charge in [-0.2, -0.15) is 13.2 Å². The number of carbonyl (C=O) groups is 1. The van der Waals surface area contributed by atoms with Crippen molar-refractivity contribution in [2.75, 3.05) is 12.0 Å². The number of nitrogens with one attached hydrogen (secondary N) is 1. The first-order valence-electron chi connectivity index (χ1n) is 7.28. The average molecular weight is 366 g/mol. The van der Waals surface area contributed by atoms with Crippen LogP contribution in [-0.4, -0.2) is 38.4 Å². The molecule has 0 saturated carbocycles. The molecule has 1 aromatic rings. The Morgan fingerprint density at radius 2 is 1.79 bits per heavy atom. The maximum atomic E-state index is 12.5. The normalized spacial score (nSPS) is 14.9. The van der Waals surface area contributed by atoms with Crippen LogP contribution < -0.4 is 11.1 Å². The quantitative estimate of drug-likeness (QED) is 0.766. The van der Waals surface area contributed by atoms with Crippen LogP contribution in [0, 0.1) is 0 Å². The third kappa shape index (κ3) is 7.31. The summed E-state index contributed by atoms with van der Waals surface area (Å²) in [6.45, 7) is 1.69. The molecule has 0 bridgehead atoms. The van der Waals surface area contributed by atoms with Gasteiger partial charge in [-0.05, 0) is 37.5 Å². The molecule has 9 heteroatoms. The summed E-state index contributed by atoms with van der Waals surface area (Å²) in [5.41, 5.74) is 5.54. The van der Waals surface area contributed by atoms with Crippen molar-refractivity contribution in [1.29, 1.82) is 0 Å². The second kappa shape index (κ2) is 7.98. The summed E-state index contributed by atoms with van der Waals surface area (Å²) in [7, 11) is -3.20. The summed E-state index contributed by atoms with van der Waals surface area (Å²) in [4.78, 5) is 11.9. The van der Waals surface area contributed by atoms with E-state index in [-0.39, 0.29) is 18.2 Å². The third-order valence-electron chi connectivity index (χ3n) is 3.35. The number of halogens is 3. The fourth-order valence-electron chi connectivity index (χ4n) is 2.06. The van der Waals surface area contributed by atoms with E-state index in [0.29, 0.717) is 12.0 Å². The molecule has 0 spiro atoms. The van der Waals surface area contributed by atoms with Gasteiger partial charge >= 0.3 is 6.18 Å². The molecule has 0 aliphatic rings. The Morgan fingerprint density at radius 3 is 2.25 bits per heavy atom. The summed E-state index contributed by atoms with van der Waals surface area (Å²) in [5.74, 6) is -0.674. The van der Waals surface area contributed by atoms with Crippen LogP contribution in [0.5, 0.6) is 0 Å². The predicted octanol–water partition coefficient (Wildman–Crippen LogP) is 1.51. The minimum absolute atomic E-state index is 0.0116. The number of alkyl halides is 3. The van der Waals surface area contributed by atoms with Crippen molar-refractivity contribution in [1.82, 2.24) is 5.32 Å². The number of amides is 1. The summed E-state index contributed by atoms with van der Waals surface area (Å²) in [6.07, 6.45) is -2.98. The standard InChI is InChI=1S/C15H21F3N2O3S/c1-10(20-14(21)13(19)7-8-24(2,22)23)9-11-3-5-12(6-4-11)15(16,17)18/h3-6,10,13H,7-9,19H2,1-2H3,(H,20,21). The molecule has 3 N–H and O–H groups in total. The molecule has 0 saturated heterocycles. The topological polar surface area (TPSA) is 89.3 Å². The Kier molecular flexibility index (Phi) is 6.79. The van der Waals surface area contributed by atoms with Gasteiger partial charge in [0.25, 0.3) is 0 Å². The van der Waals surface area contributed by atoms with E-state index in [1.165, 1.54) is 12.1 Å². The first-order valence-corrected chi connectivity index (χ1v) is 9.34. The van der Waals surface area contributed by atoms with Gasteiger partial charge in [0.05, 0.1) is 17.4 Å². The molecule has 0 radical (unpaired) electrons. The highest BCUT2D eigenvalue weighted by molar-refractivity contribution is 7.90. The molecule has 0 fully saturated rings. The van der Waals surface area contributed by atoms with Crippen LogP contribution in [0.4, 0.5) is 13.2 Å². The van der Waals surface area contributed by atoms with E-state index in [2.05, 4.69) is 5.32 Å².